The molecule has 0 radical (unpaired) electrons. The third-order valence-electron chi connectivity index (χ3n) is 7.97. The van der Waals surface area contributed by atoms with E-state index in [-0.39, 0.29) is 28.4 Å². The first-order valence-corrected chi connectivity index (χ1v) is 11.2. The Balaban J connectivity index is 1.33. The van der Waals surface area contributed by atoms with Crippen LogP contribution in [0.4, 0.5) is 10.5 Å². The number of quaternary nitrogens is 1. The van der Waals surface area contributed by atoms with Crippen molar-refractivity contribution in [1.29, 1.82) is 0 Å². The van der Waals surface area contributed by atoms with E-state index in [1.54, 1.807) is 6.07 Å². The number of hydrogen-bond acceptors (Lipinski definition) is 7. The van der Waals surface area contributed by atoms with Gasteiger partial charge >= 0.3 is 6.16 Å². The maximum atomic E-state index is 12.9. The highest BCUT2D eigenvalue weighted by atomic mass is 16.7. The van der Waals surface area contributed by atoms with Gasteiger partial charge in [0.1, 0.15) is 5.75 Å². The van der Waals surface area contributed by atoms with Crippen molar-refractivity contribution in [2.45, 2.75) is 43.2 Å². The Bertz CT molecular complexity index is 1190. The summed E-state index contributed by atoms with van der Waals surface area (Å²) < 4.78 is 17.0. The van der Waals surface area contributed by atoms with Gasteiger partial charge in [-0.2, -0.15) is 0 Å². The van der Waals surface area contributed by atoms with Gasteiger partial charge in [-0.3, -0.25) is 14.9 Å². The van der Waals surface area contributed by atoms with Crippen LogP contribution in [0.5, 0.6) is 17.2 Å². The van der Waals surface area contributed by atoms with Crippen LogP contribution < -0.4 is 19.1 Å². The first kappa shape index (κ1) is 20.2. The molecule has 1 saturated heterocycles. The van der Waals surface area contributed by atoms with Crippen LogP contribution in [0.3, 0.4) is 0 Å². The molecule has 2 aliphatic carbocycles. The van der Waals surface area contributed by atoms with Crippen LogP contribution in [0.2, 0.25) is 0 Å². The molecule has 2 aromatic carbocycles. The molecule has 9 nitrogen and oxygen atoms in total. The van der Waals surface area contributed by atoms with Gasteiger partial charge in [-0.1, -0.05) is 6.07 Å². The van der Waals surface area contributed by atoms with Crippen molar-refractivity contribution >= 4 is 17.6 Å². The predicted octanol–water partition coefficient (Wildman–Crippen LogP) is 1.99. The quantitative estimate of drug-likeness (QED) is 0.329. The van der Waals surface area contributed by atoms with Crippen molar-refractivity contribution in [3.05, 3.63) is 57.6 Å². The fraction of sp³-hybridized carbons (Fsp3) is 0.417. The topological polar surface area (TPSA) is 109 Å². The van der Waals surface area contributed by atoms with Crippen LogP contribution >= 0.6 is 0 Å². The zero-order valence-corrected chi connectivity index (χ0v) is 18.0. The molecular weight excluding hydrogens is 428 g/mol. The molecule has 9 heteroatoms. The van der Waals surface area contributed by atoms with Gasteiger partial charge in [0.2, 0.25) is 0 Å². The van der Waals surface area contributed by atoms with Crippen LogP contribution in [-0.2, 0) is 16.6 Å². The number of nitro benzene ring substituents is 1. The Morgan fingerprint density at radius 1 is 1.21 bits per heavy atom. The molecule has 0 amide bonds. The van der Waals surface area contributed by atoms with E-state index >= 15 is 0 Å². The summed E-state index contributed by atoms with van der Waals surface area (Å²) in [7, 11) is 2.23. The van der Waals surface area contributed by atoms with Crippen molar-refractivity contribution in [3.8, 4) is 17.2 Å². The lowest BCUT2D eigenvalue weighted by Gasteiger charge is -2.54. The summed E-state index contributed by atoms with van der Waals surface area (Å²) in [6.45, 7) is 0.973. The SMILES string of the molecule is C[NH+]1CCC23c4c5ccc(OC(=O)Oc6ccc([N+](=O)[O-])cc6)c4OC2C(=O)CCC3C1C5. The smallest absolute Gasteiger partial charge is 0.477 e. The lowest BCUT2D eigenvalue weighted by Crippen LogP contribution is -3.16. The second kappa shape index (κ2) is 7.02. The van der Waals surface area contributed by atoms with E-state index in [4.69, 9.17) is 14.2 Å². The molecular formula is C24H23N2O7+. The normalized spacial score (nSPS) is 30.8. The third-order valence-corrected chi connectivity index (χ3v) is 7.97. The number of ketones is 1. The average molecular weight is 451 g/mol. The Labute approximate surface area is 189 Å². The predicted molar refractivity (Wildman–Crippen MR) is 114 cm³/mol. The molecule has 2 heterocycles. The van der Waals surface area contributed by atoms with Gasteiger partial charge in [-0.25, -0.2) is 4.79 Å². The number of hydrogen-bond donors (Lipinski definition) is 1. The minimum absolute atomic E-state index is 0.105. The maximum absolute atomic E-state index is 12.9. The standard InChI is InChI=1S/C24H22N2O7/c1-25-11-10-24-16-7-8-18(27)22(24)33-21-19(9-2-13(20(21)24)12-17(16)25)32-23(28)31-15-5-3-14(4-6-15)26(29)30/h2-6,9,16-17,22H,7-8,10-12H2,1H3/p+1. The third kappa shape index (κ3) is 2.81. The summed E-state index contributed by atoms with van der Waals surface area (Å²) in [6.07, 6.45) is 1.66. The number of likely N-dealkylation sites (N-methyl/N-ethyl adjacent to an activating group) is 1. The summed E-state index contributed by atoms with van der Waals surface area (Å²) in [6, 6.07) is 9.29. The van der Waals surface area contributed by atoms with Crippen LogP contribution in [-0.4, -0.2) is 42.6 Å². The number of rotatable bonds is 3. The first-order chi connectivity index (χ1) is 15.9. The summed E-state index contributed by atoms with van der Waals surface area (Å²) in [4.78, 5) is 37.2. The molecule has 1 N–H and O–H groups in total. The van der Waals surface area contributed by atoms with Crippen molar-refractivity contribution < 1.29 is 33.6 Å². The Morgan fingerprint density at radius 3 is 2.76 bits per heavy atom. The van der Waals surface area contributed by atoms with Gasteiger partial charge in [-0.05, 0) is 30.2 Å². The highest BCUT2D eigenvalue weighted by Gasteiger charge is 2.67. The zero-order chi connectivity index (χ0) is 22.9. The van der Waals surface area contributed by atoms with Gasteiger partial charge in [-0.15, -0.1) is 0 Å². The summed E-state index contributed by atoms with van der Waals surface area (Å²) >= 11 is 0. The van der Waals surface area contributed by atoms with E-state index in [0.29, 0.717) is 24.1 Å². The first-order valence-electron chi connectivity index (χ1n) is 11.2. The molecule has 33 heavy (non-hydrogen) atoms. The molecule has 2 aliphatic heterocycles. The Hall–Kier alpha value is -3.46. The van der Waals surface area contributed by atoms with E-state index in [0.717, 1.165) is 31.4 Å². The number of nitro groups is 1. The molecule has 1 spiro atoms. The highest BCUT2D eigenvalue weighted by molar-refractivity contribution is 5.89. The molecule has 5 atom stereocenters. The van der Waals surface area contributed by atoms with Gasteiger partial charge in [0.25, 0.3) is 5.69 Å². The van der Waals surface area contributed by atoms with Crippen molar-refractivity contribution in [1.82, 2.24) is 0 Å². The van der Waals surface area contributed by atoms with E-state index in [9.17, 15) is 19.7 Å². The van der Waals surface area contributed by atoms with Crippen LogP contribution in [0.25, 0.3) is 0 Å². The Morgan fingerprint density at radius 2 is 2.00 bits per heavy atom. The number of likely N-dealkylation sites (tertiary alicyclic amines) is 1. The number of non-ortho nitro benzene ring substituents is 1. The van der Waals surface area contributed by atoms with Gasteiger partial charge in [0.15, 0.2) is 23.4 Å². The lowest BCUT2D eigenvalue weighted by molar-refractivity contribution is -0.919. The summed E-state index contributed by atoms with van der Waals surface area (Å²) in [5, 5.41) is 10.8. The van der Waals surface area contributed by atoms with Gasteiger partial charge in [0.05, 0.1) is 30.0 Å². The molecule has 6 rings (SSSR count). The molecule has 2 bridgehead atoms. The van der Waals surface area contributed by atoms with Crippen molar-refractivity contribution in [2.75, 3.05) is 13.6 Å². The molecule has 2 aromatic rings. The van der Waals surface area contributed by atoms with E-state index in [1.807, 2.05) is 6.07 Å². The lowest BCUT2D eigenvalue weighted by atomic mass is 9.52. The van der Waals surface area contributed by atoms with Crippen LogP contribution in [0.15, 0.2) is 36.4 Å². The summed E-state index contributed by atoms with van der Waals surface area (Å²) in [5.41, 5.74) is 1.75. The fourth-order valence-electron chi connectivity index (χ4n) is 6.59. The number of nitrogens with zero attached hydrogens (tertiary/aromatic N) is 1. The number of carbonyl (C=O) groups excluding carboxylic acids is 2. The molecule has 5 unspecified atom stereocenters. The second-order valence-electron chi connectivity index (χ2n) is 9.44. The van der Waals surface area contributed by atoms with Crippen LogP contribution in [0.1, 0.15) is 30.4 Å². The Kier molecular flexibility index (Phi) is 4.29. The number of nitrogens with one attached hydrogen (secondary N) is 1. The number of carbonyl (C=O) groups is 2. The largest absolute Gasteiger partial charge is 0.519 e. The molecule has 1 saturated carbocycles. The highest BCUT2D eigenvalue weighted by Crippen LogP contribution is 2.61. The van der Waals surface area contributed by atoms with E-state index < -0.39 is 17.2 Å². The van der Waals surface area contributed by atoms with Gasteiger partial charge in [0, 0.05) is 42.9 Å². The van der Waals surface area contributed by atoms with E-state index in [2.05, 4.69) is 7.05 Å². The number of benzene rings is 2. The van der Waals surface area contributed by atoms with Crippen molar-refractivity contribution in [2.24, 2.45) is 5.92 Å². The average Bonchev–Trinajstić information content (AvgIpc) is 3.15. The molecule has 4 aliphatic rings. The van der Waals surface area contributed by atoms with E-state index in [1.165, 1.54) is 34.7 Å². The number of ether oxygens (including phenoxy) is 3. The molecule has 2 fully saturated rings. The minimum atomic E-state index is -0.972. The monoisotopic (exact) mass is 451 g/mol. The zero-order valence-electron chi connectivity index (χ0n) is 18.0. The number of Topliss-reactive ketones (excluding diaryl/α,β-unsaturated/α-hetero) is 1. The maximum Gasteiger partial charge on any atom is 0.519 e. The minimum Gasteiger partial charge on any atom is -0.477 e. The van der Waals surface area contributed by atoms with Gasteiger partial charge < -0.3 is 19.1 Å². The molecule has 170 valence electrons. The fourth-order valence-corrected chi connectivity index (χ4v) is 6.59. The summed E-state index contributed by atoms with van der Waals surface area (Å²) in [5.74, 6) is 1.33. The second-order valence-corrected chi connectivity index (χ2v) is 9.44. The van der Waals surface area contributed by atoms with Crippen LogP contribution in [0, 0.1) is 16.0 Å². The van der Waals surface area contributed by atoms with Crippen molar-refractivity contribution in [3.63, 3.8) is 0 Å². The number of piperidine rings is 1. The molecule has 0 aromatic heterocycles.